The Hall–Kier alpha value is -3.28. The minimum absolute atomic E-state index is 0.329. The number of carbonyl (C=O) groups is 1. The summed E-state index contributed by atoms with van der Waals surface area (Å²) < 4.78 is 0. The number of aromatic nitrogens is 3. The third-order valence-electron chi connectivity index (χ3n) is 4.99. The average Bonchev–Trinajstić information content (AvgIpc) is 3.46. The van der Waals surface area contributed by atoms with Crippen molar-refractivity contribution in [3.63, 3.8) is 0 Å². The van der Waals surface area contributed by atoms with Crippen molar-refractivity contribution in [2.24, 2.45) is 5.73 Å². The number of hydrogen-bond acceptors (Lipinski definition) is 5. The molecule has 1 amide bonds. The topological polar surface area (TPSA) is 108 Å². The quantitative estimate of drug-likeness (QED) is 0.707. The van der Waals surface area contributed by atoms with E-state index in [0.29, 0.717) is 11.4 Å². The summed E-state index contributed by atoms with van der Waals surface area (Å²) in [4.78, 5) is 24.8. The van der Waals surface area contributed by atoms with Crippen LogP contribution in [0.1, 0.15) is 24.1 Å². The second kappa shape index (κ2) is 5.91. The van der Waals surface area contributed by atoms with E-state index in [1.165, 1.54) is 6.33 Å². The number of amides is 1. The lowest BCUT2D eigenvalue weighted by Crippen LogP contribution is -2.29. The minimum Gasteiger partial charge on any atom is -0.399 e. The maximum atomic E-state index is 11.8. The van der Waals surface area contributed by atoms with Gasteiger partial charge in [-0.2, -0.15) is 0 Å². The number of anilines is 1. The number of nitrogen functional groups attached to an aromatic ring is 1. The van der Waals surface area contributed by atoms with Crippen LogP contribution < -0.4 is 11.5 Å². The van der Waals surface area contributed by atoms with Crippen molar-refractivity contribution < 1.29 is 4.79 Å². The van der Waals surface area contributed by atoms with E-state index in [1.807, 2.05) is 37.3 Å². The van der Waals surface area contributed by atoms with Gasteiger partial charge in [0.15, 0.2) is 0 Å². The summed E-state index contributed by atoms with van der Waals surface area (Å²) in [5, 5.41) is 0. The largest absolute Gasteiger partial charge is 0.399 e. The molecular formula is C20H19N5O. The summed E-state index contributed by atoms with van der Waals surface area (Å²) >= 11 is 0. The highest BCUT2D eigenvalue weighted by atomic mass is 16.1. The zero-order valence-electron chi connectivity index (χ0n) is 14.4. The van der Waals surface area contributed by atoms with Crippen molar-refractivity contribution in [2.45, 2.75) is 25.2 Å². The Morgan fingerprint density at radius 1 is 1.08 bits per heavy atom. The summed E-state index contributed by atoms with van der Waals surface area (Å²) in [6.45, 7) is 2.04. The van der Waals surface area contributed by atoms with Crippen molar-refractivity contribution >= 4 is 11.6 Å². The van der Waals surface area contributed by atoms with Crippen LogP contribution in [0.4, 0.5) is 5.69 Å². The zero-order chi connectivity index (χ0) is 18.3. The molecule has 4 N–H and O–H groups in total. The first-order chi connectivity index (χ1) is 12.5. The highest BCUT2D eigenvalue weighted by molar-refractivity contribution is 5.89. The Labute approximate surface area is 151 Å². The molecule has 0 saturated heterocycles. The summed E-state index contributed by atoms with van der Waals surface area (Å²) in [7, 11) is 0. The fourth-order valence-electron chi connectivity index (χ4n) is 3.21. The van der Waals surface area contributed by atoms with Gasteiger partial charge >= 0.3 is 0 Å². The normalized spacial score (nSPS) is 14.8. The number of rotatable bonds is 4. The molecule has 1 aliphatic carbocycles. The van der Waals surface area contributed by atoms with Gasteiger partial charge in [0, 0.05) is 29.2 Å². The molecule has 4 rings (SSSR count). The van der Waals surface area contributed by atoms with Gasteiger partial charge in [0.05, 0.1) is 16.8 Å². The molecule has 1 saturated carbocycles. The maximum Gasteiger partial charge on any atom is 0.229 e. The number of primary amides is 1. The molecular weight excluding hydrogens is 326 g/mol. The van der Waals surface area contributed by atoms with Crippen LogP contribution in [0.15, 0.2) is 49.1 Å². The molecule has 3 aromatic rings. The lowest BCUT2D eigenvalue weighted by Gasteiger charge is -2.12. The predicted octanol–water partition coefficient (Wildman–Crippen LogP) is 2.61. The number of nitrogens with two attached hydrogens (primary N) is 2. The van der Waals surface area contributed by atoms with Crippen LogP contribution in [-0.2, 0) is 10.2 Å². The van der Waals surface area contributed by atoms with Crippen LogP contribution >= 0.6 is 0 Å². The first kappa shape index (κ1) is 16.2. The van der Waals surface area contributed by atoms with Gasteiger partial charge < -0.3 is 11.5 Å². The standard InChI is InChI=1S/C20H19N5O/c1-12-2-3-15(21)7-16(12)13-6-14(10-23-9-13)17-8-18(25-11-24-17)20(4-5-20)19(22)26/h2-3,6-11H,4-5,21H2,1H3,(H2,22,26). The van der Waals surface area contributed by atoms with E-state index in [1.54, 1.807) is 12.4 Å². The zero-order valence-corrected chi connectivity index (χ0v) is 14.4. The van der Waals surface area contributed by atoms with Gasteiger partial charge in [-0.1, -0.05) is 6.07 Å². The van der Waals surface area contributed by atoms with E-state index in [-0.39, 0.29) is 5.91 Å². The van der Waals surface area contributed by atoms with Crippen LogP contribution in [0.25, 0.3) is 22.4 Å². The number of pyridine rings is 1. The van der Waals surface area contributed by atoms with Crippen molar-refractivity contribution in [3.8, 4) is 22.4 Å². The molecule has 1 aliphatic rings. The third-order valence-corrected chi connectivity index (χ3v) is 4.99. The van der Waals surface area contributed by atoms with Crippen molar-refractivity contribution in [2.75, 3.05) is 5.73 Å². The van der Waals surface area contributed by atoms with E-state index < -0.39 is 5.41 Å². The van der Waals surface area contributed by atoms with Crippen LogP contribution in [-0.4, -0.2) is 20.9 Å². The van der Waals surface area contributed by atoms with E-state index >= 15 is 0 Å². The van der Waals surface area contributed by atoms with Gasteiger partial charge in [0.25, 0.3) is 0 Å². The van der Waals surface area contributed by atoms with Gasteiger partial charge in [-0.25, -0.2) is 9.97 Å². The SMILES string of the molecule is Cc1ccc(N)cc1-c1cncc(-c2cc(C3(C(N)=O)CC3)ncn2)c1. The molecule has 1 fully saturated rings. The summed E-state index contributed by atoms with van der Waals surface area (Å²) in [6, 6.07) is 9.67. The molecule has 2 heterocycles. The molecule has 6 heteroatoms. The van der Waals surface area contributed by atoms with Gasteiger partial charge in [-0.05, 0) is 55.2 Å². The van der Waals surface area contributed by atoms with Gasteiger partial charge in [0.2, 0.25) is 5.91 Å². The molecule has 0 radical (unpaired) electrons. The van der Waals surface area contributed by atoms with E-state index in [4.69, 9.17) is 11.5 Å². The Balaban J connectivity index is 1.76. The first-order valence-corrected chi connectivity index (χ1v) is 8.44. The highest BCUT2D eigenvalue weighted by Crippen LogP contribution is 2.47. The van der Waals surface area contributed by atoms with Gasteiger partial charge in [-0.15, -0.1) is 0 Å². The minimum atomic E-state index is -0.632. The van der Waals surface area contributed by atoms with Gasteiger partial charge in [-0.3, -0.25) is 9.78 Å². The van der Waals surface area contributed by atoms with Crippen LogP contribution in [0.2, 0.25) is 0 Å². The number of nitrogens with zero attached hydrogens (tertiary/aromatic N) is 3. The molecule has 0 spiro atoms. The Bertz CT molecular complexity index is 1010. The second-order valence-corrected chi connectivity index (χ2v) is 6.77. The fraction of sp³-hybridized carbons (Fsp3) is 0.200. The molecule has 0 aliphatic heterocycles. The lowest BCUT2D eigenvalue weighted by molar-refractivity contribution is -0.120. The Morgan fingerprint density at radius 2 is 1.85 bits per heavy atom. The molecule has 130 valence electrons. The third kappa shape index (κ3) is 2.69. The van der Waals surface area contributed by atoms with E-state index in [9.17, 15) is 4.79 Å². The van der Waals surface area contributed by atoms with Crippen molar-refractivity contribution in [3.05, 3.63) is 60.3 Å². The van der Waals surface area contributed by atoms with E-state index in [0.717, 1.165) is 40.8 Å². The van der Waals surface area contributed by atoms with E-state index in [2.05, 4.69) is 15.0 Å². The Kier molecular flexibility index (Phi) is 3.68. The molecule has 26 heavy (non-hydrogen) atoms. The smallest absolute Gasteiger partial charge is 0.229 e. The maximum absolute atomic E-state index is 11.8. The number of benzene rings is 1. The number of aryl methyl sites for hydroxylation is 1. The second-order valence-electron chi connectivity index (χ2n) is 6.77. The summed E-state index contributed by atoms with van der Waals surface area (Å²) in [5.41, 5.74) is 16.9. The molecule has 2 aromatic heterocycles. The molecule has 6 nitrogen and oxygen atoms in total. The molecule has 0 unspecified atom stereocenters. The Morgan fingerprint density at radius 3 is 2.58 bits per heavy atom. The van der Waals surface area contributed by atoms with Gasteiger partial charge in [0.1, 0.15) is 6.33 Å². The monoisotopic (exact) mass is 345 g/mol. The number of hydrogen-bond donors (Lipinski definition) is 2. The van der Waals surface area contributed by atoms with Crippen LogP contribution in [0, 0.1) is 6.92 Å². The summed E-state index contributed by atoms with van der Waals surface area (Å²) in [6.07, 6.45) is 6.51. The van der Waals surface area contributed by atoms with Crippen LogP contribution in [0.5, 0.6) is 0 Å². The van der Waals surface area contributed by atoms with Crippen molar-refractivity contribution in [1.82, 2.24) is 15.0 Å². The van der Waals surface area contributed by atoms with Crippen molar-refractivity contribution in [1.29, 1.82) is 0 Å². The lowest BCUT2D eigenvalue weighted by atomic mass is 9.98. The average molecular weight is 345 g/mol. The first-order valence-electron chi connectivity index (χ1n) is 8.44. The number of carbonyl (C=O) groups excluding carboxylic acids is 1. The fourth-order valence-corrected chi connectivity index (χ4v) is 3.21. The van der Waals surface area contributed by atoms with Crippen LogP contribution in [0.3, 0.4) is 0 Å². The molecule has 0 bridgehead atoms. The molecule has 1 aromatic carbocycles. The predicted molar refractivity (Wildman–Crippen MR) is 100.0 cm³/mol. The summed E-state index contributed by atoms with van der Waals surface area (Å²) in [5.74, 6) is -0.329. The highest BCUT2D eigenvalue weighted by Gasteiger charge is 2.51. The molecule has 0 atom stereocenters.